The highest BCUT2D eigenvalue weighted by molar-refractivity contribution is 5.99. The van der Waals surface area contributed by atoms with E-state index < -0.39 is 0 Å². The third-order valence-corrected chi connectivity index (χ3v) is 5.31. The van der Waals surface area contributed by atoms with E-state index >= 15 is 0 Å². The molecule has 1 saturated carbocycles. The van der Waals surface area contributed by atoms with Gasteiger partial charge in [0.2, 0.25) is 0 Å². The van der Waals surface area contributed by atoms with Gasteiger partial charge in [-0.25, -0.2) is 4.98 Å². The van der Waals surface area contributed by atoms with Crippen molar-refractivity contribution in [3.8, 4) is 0 Å². The highest BCUT2D eigenvalue weighted by Crippen LogP contribution is 2.30. The first kappa shape index (κ1) is 17.5. The zero-order chi connectivity index (χ0) is 19.1. The van der Waals surface area contributed by atoms with Gasteiger partial charge in [0.1, 0.15) is 17.0 Å². The van der Waals surface area contributed by atoms with E-state index in [4.69, 9.17) is 0 Å². The van der Waals surface area contributed by atoms with E-state index in [0.717, 1.165) is 23.0 Å². The first-order chi connectivity index (χ1) is 13.0. The fourth-order valence-electron chi connectivity index (χ4n) is 3.42. The normalized spacial score (nSPS) is 19.8. The number of nitrogens with zero attached hydrogens (tertiary/aromatic N) is 3. The van der Waals surface area contributed by atoms with Crippen LogP contribution < -0.4 is 5.32 Å². The minimum absolute atomic E-state index is 0.0729. The van der Waals surface area contributed by atoms with E-state index in [2.05, 4.69) is 27.3 Å². The average Bonchev–Trinajstić information content (AvgIpc) is 3.10. The molecule has 1 fully saturated rings. The SMILES string of the molecule is CCC(=O)c1cc(C(=O)N[C@H]2C[C@@H]2C)n(C(C)c2ccnc3[nH]ccc23)n1. The number of hydrogen-bond acceptors (Lipinski definition) is 4. The molecule has 7 heteroatoms. The number of carbonyl (C=O) groups is 2. The summed E-state index contributed by atoms with van der Waals surface area (Å²) in [6.45, 7) is 5.88. The fourth-order valence-corrected chi connectivity index (χ4v) is 3.42. The number of rotatable bonds is 6. The number of H-pyrrole nitrogens is 1. The van der Waals surface area contributed by atoms with Gasteiger partial charge in [-0.3, -0.25) is 14.3 Å². The summed E-state index contributed by atoms with van der Waals surface area (Å²) >= 11 is 0. The molecule has 27 heavy (non-hydrogen) atoms. The molecule has 0 radical (unpaired) electrons. The standard InChI is InChI=1S/C20H23N5O2/c1-4-18(26)16-10-17(20(27)23-15-9-11(15)2)25(24-16)12(3)13-5-7-21-19-14(13)6-8-22-19/h5-8,10-12,15H,4,9H2,1-3H3,(H,21,22)(H,23,27)/t11-,12?,15-/m0/s1. The largest absolute Gasteiger partial charge is 0.348 e. The van der Waals surface area contributed by atoms with Crippen LogP contribution in [0.4, 0.5) is 0 Å². The highest BCUT2D eigenvalue weighted by atomic mass is 16.2. The van der Waals surface area contributed by atoms with Crippen LogP contribution in [-0.4, -0.2) is 37.5 Å². The number of carbonyl (C=O) groups excluding carboxylic acids is 2. The average molecular weight is 365 g/mol. The second-order valence-corrected chi connectivity index (χ2v) is 7.25. The Morgan fingerprint density at radius 2 is 2.19 bits per heavy atom. The van der Waals surface area contributed by atoms with Crippen molar-refractivity contribution in [3.63, 3.8) is 0 Å². The van der Waals surface area contributed by atoms with Crippen molar-refractivity contribution < 1.29 is 9.59 Å². The number of nitrogens with one attached hydrogen (secondary N) is 2. The van der Waals surface area contributed by atoms with Gasteiger partial charge in [0.05, 0.1) is 6.04 Å². The van der Waals surface area contributed by atoms with E-state index in [1.54, 1.807) is 23.9 Å². The Bertz CT molecular complexity index is 1020. The quantitative estimate of drug-likeness (QED) is 0.657. The summed E-state index contributed by atoms with van der Waals surface area (Å²) in [4.78, 5) is 32.4. The van der Waals surface area contributed by atoms with Crippen molar-refractivity contribution in [3.05, 3.63) is 47.5 Å². The Hall–Kier alpha value is -2.96. The number of pyridine rings is 1. The molecule has 7 nitrogen and oxygen atoms in total. The number of amides is 1. The molecule has 0 aromatic carbocycles. The minimum Gasteiger partial charge on any atom is -0.348 e. The van der Waals surface area contributed by atoms with Gasteiger partial charge in [-0.2, -0.15) is 5.10 Å². The summed E-state index contributed by atoms with van der Waals surface area (Å²) in [6.07, 6.45) is 4.91. The van der Waals surface area contributed by atoms with Crippen molar-refractivity contribution in [2.24, 2.45) is 5.92 Å². The lowest BCUT2D eigenvalue weighted by atomic mass is 10.1. The van der Waals surface area contributed by atoms with Crippen LogP contribution in [0.25, 0.3) is 11.0 Å². The summed E-state index contributed by atoms with van der Waals surface area (Å²) < 4.78 is 1.66. The Kier molecular flexibility index (Phi) is 4.30. The Labute approximate surface area is 157 Å². The van der Waals surface area contributed by atoms with Crippen molar-refractivity contribution in [2.75, 3.05) is 0 Å². The van der Waals surface area contributed by atoms with Crippen molar-refractivity contribution in [1.82, 2.24) is 25.1 Å². The zero-order valence-electron chi connectivity index (χ0n) is 15.7. The predicted molar refractivity (Wildman–Crippen MR) is 102 cm³/mol. The van der Waals surface area contributed by atoms with Crippen LogP contribution in [0.1, 0.15) is 66.2 Å². The Balaban J connectivity index is 1.75. The number of hydrogen-bond donors (Lipinski definition) is 2. The smallest absolute Gasteiger partial charge is 0.269 e. The molecule has 1 unspecified atom stereocenters. The molecule has 4 rings (SSSR count). The summed E-state index contributed by atoms with van der Waals surface area (Å²) in [5, 5.41) is 8.51. The van der Waals surface area contributed by atoms with Crippen LogP contribution in [0, 0.1) is 5.92 Å². The molecule has 1 aliphatic carbocycles. The summed E-state index contributed by atoms with van der Waals surface area (Å²) in [5.74, 6) is 0.244. The maximum atomic E-state index is 12.8. The fraction of sp³-hybridized carbons (Fsp3) is 0.400. The Morgan fingerprint density at radius 3 is 2.89 bits per heavy atom. The first-order valence-corrected chi connectivity index (χ1v) is 9.35. The van der Waals surface area contributed by atoms with Gasteiger partial charge < -0.3 is 10.3 Å². The molecule has 3 atom stereocenters. The molecule has 1 amide bonds. The Morgan fingerprint density at radius 1 is 1.41 bits per heavy atom. The van der Waals surface area contributed by atoms with Gasteiger partial charge in [-0.15, -0.1) is 0 Å². The van der Waals surface area contributed by atoms with Gasteiger partial charge in [0, 0.05) is 36.3 Å². The molecule has 0 aliphatic heterocycles. The summed E-state index contributed by atoms with van der Waals surface area (Å²) in [5.41, 5.74) is 2.53. The van der Waals surface area contributed by atoms with Gasteiger partial charge in [0.25, 0.3) is 5.91 Å². The second-order valence-electron chi connectivity index (χ2n) is 7.25. The lowest BCUT2D eigenvalue weighted by Crippen LogP contribution is -2.29. The molecule has 3 aromatic heterocycles. The number of ketones is 1. The molecule has 2 N–H and O–H groups in total. The van der Waals surface area contributed by atoms with Gasteiger partial charge in [-0.05, 0) is 37.0 Å². The molecular weight excluding hydrogens is 342 g/mol. The van der Waals surface area contributed by atoms with Gasteiger partial charge in [0.15, 0.2) is 5.78 Å². The molecule has 1 aliphatic rings. The lowest BCUT2D eigenvalue weighted by Gasteiger charge is -2.17. The molecule has 3 aromatic rings. The van der Waals surface area contributed by atoms with Crippen molar-refractivity contribution in [2.45, 2.75) is 45.7 Å². The lowest BCUT2D eigenvalue weighted by molar-refractivity contribution is 0.0936. The second kappa shape index (κ2) is 6.64. The number of Topliss-reactive ketones (excluding diaryl/α,β-unsaturated/α-hetero) is 1. The van der Waals surface area contributed by atoms with Crippen LogP contribution in [0.2, 0.25) is 0 Å². The third kappa shape index (κ3) is 3.13. The van der Waals surface area contributed by atoms with E-state index in [-0.39, 0.29) is 23.8 Å². The van der Waals surface area contributed by atoms with Crippen LogP contribution >= 0.6 is 0 Å². The molecule has 0 bridgehead atoms. The summed E-state index contributed by atoms with van der Waals surface area (Å²) in [6, 6.07) is 5.48. The monoisotopic (exact) mass is 365 g/mol. The predicted octanol–water partition coefficient (Wildman–Crippen LogP) is 3.10. The molecule has 3 heterocycles. The molecular formula is C20H23N5O2. The minimum atomic E-state index is -0.220. The highest BCUT2D eigenvalue weighted by Gasteiger charge is 2.35. The maximum Gasteiger partial charge on any atom is 0.269 e. The topological polar surface area (TPSA) is 92.7 Å². The summed E-state index contributed by atoms with van der Waals surface area (Å²) in [7, 11) is 0. The van der Waals surface area contributed by atoms with Gasteiger partial charge >= 0.3 is 0 Å². The molecule has 0 spiro atoms. The first-order valence-electron chi connectivity index (χ1n) is 9.35. The maximum absolute atomic E-state index is 12.8. The van der Waals surface area contributed by atoms with Crippen molar-refractivity contribution in [1.29, 1.82) is 0 Å². The number of fused-ring (bicyclic) bond motifs is 1. The van der Waals surface area contributed by atoms with Crippen LogP contribution in [0.5, 0.6) is 0 Å². The van der Waals surface area contributed by atoms with Crippen LogP contribution in [0.3, 0.4) is 0 Å². The van der Waals surface area contributed by atoms with Gasteiger partial charge in [-0.1, -0.05) is 13.8 Å². The molecule has 0 saturated heterocycles. The zero-order valence-corrected chi connectivity index (χ0v) is 15.7. The van der Waals surface area contributed by atoms with E-state index in [1.165, 1.54) is 0 Å². The van der Waals surface area contributed by atoms with E-state index in [0.29, 0.717) is 23.7 Å². The van der Waals surface area contributed by atoms with Crippen molar-refractivity contribution >= 4 is 22.7 Å². The van der Waals surface area contributed by atoms with Crippen LogP contribution in [-0.2, 0) is 0 Å². The number of aromatic amines is 1. The van der Waals surface area contributed by atoms with E-state index in [1.807, 2.05) is 25.3 Å². The third-order valence-electron chi connectivity index (χ3n) is 5.31. The molecule has 140 valence electrons. The van der Waals surface area contributed by atoms with Crippen LogP contribution in [0.15, 0.2) is 30.6 Å². The van der Waals surface area contributed by atoms with E-state index in [9.17, 15) is 9.59 Å². The number of aromatic nitrogens is 4.